The maximum Gasteiger partial charge on any atom is 0.253 e. The minimum Gasteiger partial charge on any atom is -0.398 e. The van der Waals surface area contributed by atoms with Gasteiger partial charge in [-0.05, 0) is 30.4 Å². The third-order valence-electron chi connectivity index (χ3n) is 2.98. The van der Waals surface area contributed by atoms with Crippen LogP contribution in [0.5, 0.6) is 0 Å². The second kappa shape index (κ2) is 5.97. The van der Waals surface area contributed by atoms with E-state index in [-0.39, 0.29) is 24.2 Å². The first-order valence-corrected chi connectivity index (χ1v) is 7.14. The smallest absolute Gasteiger partial charge is 0.253 e. The largest absolute Gasteiger partial charge is 0.398 e. The van der Waals surface area contributed by atoms with Crippen LogP contribution in [0.1, 0.15) is 16.8 Å². The molecule has 3 N–H and O–H groups in total. The van der Waals surface area contributed by atoms with Crippen LogP contribution in [-0.4, -0.2) is 18.1 Å². The Morgan fingerprint density at radius 1 is 1.55 bits per heavy atom. The minimum atomic E-state index is -1.58. The molecule has 106 valence electrons. The molecule has 0 aliphatic heterocycles. The molecular weight excluding hydrogens is 347 g/mol. The van der Waals surface area contributed by atoms with E-state index in [1.54, 1.807) is 18.2 Å². The lowest BCUT2D eigenvalue weighted by Crippen LogP contribution is -2.38. The van der Waals surface area contributed by atoms with E-state index in [2.05, 4.69) is 21.2 Å². The maximum absolute atomic E-state index is 14.4. The van der Waals surface area contributed by atoms with Crippen LogP contribution >= 0.6 is 27.5 Å². The number of hydrogen-bond acceptors (Lipinski definition) is 2. The molecule has 20 heavy (non-hydrogen) atoms. The molecule has 1 aliphatic rings. The van der Waals surface area contributed by atoms with Crippen molar-refractivity contribution in [3.63, 3.8) is 0 Å². The molecule has 1 aliphatic carbocycles. The first-order chi connectivity index (χ1) is 9.39. The zero-order valence-electron chi connectivity index (χ0n) is 10.5. The lowest BCUT2D eigenvalue weighted by Gasteiger charge is -2.23. The summed E-state index contributed by atoms with van der Waals surface area (Å²) in [5, 5.41) is 3.00. The van der Waals surface area contributed by atoms with Gasteiger partial charge in [-0.1, -0.05) is 33.6 Å². The van der Waals surface area contributed by atoms with E-state index in [1.807, 2.05) is 0 Å². The van der Waals surface area contributed by atoms with Gasteiger partial charge < -0.3 is 11.1 Å². The number of amides is 1. The van der Waals surface area contributed by atoms with Crippen molar-refractivity contribution in [2.24, 2.45) is 0 Å². The third-order valence-corrected chi connectivity index (χ3v) is 3.80. The van der Waals surface area contributed by atoms with Crippen molar-refractivity contribution >= 4 is 39.1 Å². The minimum absolute atomic E-state index is 0.110. The standard InChI is InChI=1S/C14H13BrClFN2O/c15-9-3-5-14(17,6-4-9)8-19-13(20)11-2-1-10(16)7-12(11)18/h1-5,7H,6,8,18H2,(H,19,20). The molecule has 2 rings (SSSR count). The number of nitrogens with two attached hydrogens (primary N) is 1. The number of nitrogens with one attached hydrogen (secondary N) is 1. The van der Waals surface area contributed by atoms with Gasteiger partial charge in [0.15, 0.2) is 0 Å². The van der Waals surface area contributed by atoms with E-state index < -0.39 is 11.6 Å². The van der Waals surface area contributed by atoms with Gasteiger partial charge in [0.2, 0.25) is 0 Å². The molecule has 3 nitrogen and oxygen atoms in total. The van der Waals surface area contributed by atoms with E-state index in [1.165, 1.54) is 18.2 Å². The van der Waals surface area contributed by atoms with Crippen molar-refractivity contribution in [1.82, 2.24) is 5.32 Å². The summed E-state index contributed by atoms with van der Waals surface area (Å²) in [6, 6.07) is 4.57. The SMILES string of the molecule is Nc1cc(Cl)ccc1C(=O)NCC1(F)C=CC(Br)=CC1. The molecule has 1 amide bonds. The summed E-state index contributed by atoms with van der Waals surface area (Å²) in [6.45, 7) is -0.110. The lowest BCUT2D eigenvalue weighted by atomic mass is 9.97. The molecule has 0 spiro atoms. The normalized spacial score (nSPS) is 21.4. The Morgan fingerprint density at radius 2 is 2.30 bits per heavy atom. The number of anilines is 1. The zero-order chi connectivity index (χ0) is 14.8. The van der Waals surface area contributed by atoms with E-state index in [4.69, 9.17) is 17.3 Å². The molecule has 0 bridgehead atoms. The fourth-order valence-electron chi connectivity index (χ4n) is 1.83. The van der Waals surface area contributed by atoms with Crippen LogP contribution in [0.2, 0.25) is 5.02 Å². The number of carbonyl (C=O) groups is 1. The third kappa shape index (κ3) is 3.61. The van der Waals surface area contributed by atoms with Gasteiger partial charge in [-0.15, -0.1) is 0 Å². The van der Waals surface area contributed by atoms with Gasteiger partial charge >= 0.3 is 0 Å². The van der Waals surface area contributed by atoms with Crippen molar-refractivity contribution in [2.45, 2.75) is 12.1 Å². The molecule has 1 atom stereocenters. The van der Waals surface area contributed by atoms with Gasteiger partial charge in [-0.3, -0.25) is 4.79 Å². The molecule has 0 fully saturated rings. The van der Waals surface area contributed by atoms with Crippen LogP contribution in [0.25, 0.3) is 0 Å². The van der Waals surface area contributed by atoms with Gasteiger partial charge in [-0.2, -0.15) is 0 Å². The fourth-order valence-corrected chi connectivity index (χ4v) is 2.30. The van der Waals surface area contributed by atoms with E-state index in [9.17, 15) is 9.18 Å². The van der Waals surface area contributed by atoms with Crippen molar-refractivity contribution in [3.05, 3.63) is 51.5 Å². The van der Waals surface area contributed by atoms with Crippen molar-refractivity contribution in [3.8, 4) is 0 Å². The summed E-state index contributed by atoms with van der Waals surface area (Å²) in [6.07, 6.45) is 5.00. The number of benzene rings is 1. The quantitative estimate of drug-likeness (QED) is 0.810. The number of allylic oxidation sites excluding steroid dienone is 3. The number of halogens is 3. The van der Waals surface area contributed by atoms with Crippen molar-refractivity contribution < 1.29 is 9.18 Å². The Kier molecular flexibility index (Phi) is 4.50. The zero-order valence-corrected chi connectivity index (χ0v) is 12.8. The Labute approximate surface area is 129 Å². The summed E-state index contributed by atoms with van der Waals surface area (Å²) in [5.74, 6) is -0.418. The van der Waals surface area contributed by atoms with Gasteiger partial charge in [0.25, 0.3) is 5.91 Å². The Morgan fingerprint density at radius 3 is 2.90 bits per heavy atom. The van der Waals surface area contributed by atoms with E-state index in [0.29, 0.717) is 5.02 Å². The topological polar surface area (TPSA) is 55.1 Å². The first-order valence-electron chi connectivity index (χ1n) is 5.97. The molecule has 1 unspecified atom stereocenters. The first kappa shape index (κ1) is 15.1. The van der Waals surface area contributed by atoms with Gasteiger partial charge in [0, 0.05) is 21.6 Å². The summed E-state index contributed by atoms with van der Waals surface area (Å²) >= 11 is 9.03. The second-order valence-corrected chi connectivity index (χ2v) is 5.93. The van der Waals surface area contributed by atoms with Crippen LogP contribution in [0.4, 0.5) is 10.1 Å². The Bertz CT molecular complexity index is 603. The predicted octanol–water partition coefficient (Wildman–Crippen LogP) is 3.60. The van der Waals surface area contributed by atoms with Crippen LogP contribution in [0.3, 0.4) is 0 Å². The molecule has 0 saturated carbocycles. The lowest BCUT2D eigenvalue weighted by molar-refractivity contribution is 0.0926. The number of hydrogen-bond donors (Lipinski definition) is 2. The van der Waals surface area contributed by atoms with Gasteiger partial charge in [-0.25, -0.2) is 4.39 Å². The van der Waals surface area contributed by atoms with E-state index in [0.717, 1.165) is 4.48 Å². The highest BCUT2D eigenvalue weighted by atomic mass is 79.9. The molecule has 0 radical (unpaired) electrons. The number of rotatable bonds is 3. The van der Waals surface area contributed by atoms with E-state index >= 15 is 0 Å². The highest BCUT2D eigenvalue weighted by Gasteiger charge is 2.28. The molecule has 0 aromatic heterocycles. The Hall–Kier alpha value is -1.33. The highest BCUT2D eigenvalue weighted by molar-refractivity contribution is 9.11. The molecule has 0 heterocycles. The summed E-state index contributed by atoms with van der Waals surface area (Å²) in [4.78, 5) is 12.0. The molecule has 0 saturated heterocycles. The van der Waals surface area contributed by atoms with Crippen LogP contribution in [0, 0.1) is 0 Å². The predicted molar refractivity (Wildman–Crippen MR) is 82.8 cm³/mol. The average Bonchev–Trinajstić information content (AvgIpc) is 2.40. The molecule has 6 heteroatoms. The summed E-state index contributed by atoms with van der Waals surface area (Å²) < 4.78 is 15.2. The monoisotopic (exact) mass is 358 g/mol. The Balaban J connectivity index is 2.01. The number of alkyl halides is 1. The number of nitrogen functional groups attached to an aromatic ring is 1. The van der Waals surface area contributed by atoms with Crippen LogP contribution < -0.4 is 11.1 Å². The van der Waals surface area contributed by atoms with Crippen LogP contribution in [0.15, 0.2) is 40.9 Å². The molecule has 1 aromatic rings. The summed E-state index contributed by atoms with van der Waals surface area (Å²) in [5.41, 5.74) is 4.69. The van der Waals surface area contributed by atoms with Gasteiger partial charge in [0.05, 0.1) is 12.1 Å². The molecular formula is C14H13BrClFN2O. The number of carbonyl (C=O) groups excluding carboxylic acids is 1. The van der Waals surface area contributed by atoms with Crippen molar-refractivity contribution in [2.75, 3.05) is 12.3 Å². The highest BCUT2D eigenvalue weighted by Crippen LogP contribution is 2.27. The van der Waals surface area contributed by atoms with Gasteiger partial charge in [0.1, 0.15) is 5.67 Å². The average molecular weight is 360 g/mol. The van der Waals surface area contributed by atoms with Crippen molar-refractivity contribution in [1.29, 1.82) is 0 Å². The molecule has 1 aromatic carbocycles. The maximum atomic E-state index is 14.4. The fraction of sp³-hybridized carbons (Fsp3) is 0.214. The second-order valence-electron chi connectivity index (χ2n) is 4.58. The summed E-state index contributed by atoms with van der Waals surface area (Å²) in [7, 11) is 0. The van der Waals surface area contributed by atoms with Crippen LogP contribution in [-0.2, 0) is 0 Å².